The summed E-state index contributed by atoms with van der Waals surface area (Å²) in [5.74, 6) is -0.488. The van der Waals surface area contributed by atoms with Gasteiger partial charge in [0.25, 0.3) is 5.91 Å². The number of rotatable bonds is 8. The highest BCUT2D eigenvalue weighted by Crippen LogP contribution is 2.45. The first-order valence-electron chi connectivity index (χ1n) is 16.6. The summed E-state index contributed by atoms with van der Waals surface area (Å²) in [6, 6.07) is 14.5. The molecule has 0 saturated carbocycles. The van der Waals surface area contributed by atoms with Crippen molar-refractivity contribution in [3.8, 4) is 16.9 Å². The molecule has 1 atom stereocenters. The number of ether oxygens (including phenoxy) is 1. The van der Waals surface area contributed by atoms with Crippen molar-refractivity contribution in [2.45, 2.75) is 53.5 Å². The van der Waals surface area contributed by atoms with Gasteiger partial charge < -0.3 is 19.3 Å². The van der Waals surface area contributed by atoms with Crippen LogP contribution in [0.3, 0.4) is 0 Å². The van der Waals surface area contributed by atoms with Crippen LogP contribution in [0.1, 0.15) is 68.3 Å². The van der Waals surface area contributed by atoms with Crippen LogP contribution in [0, 0.1) is 27.7 Å². The third-order valence-corrected chi connectivity index (χ3v) is 10.7. The number of halogens is 2. The van der Waals surface area contributed by atoms with Crippen LogP contribution in [0.15, 0.2) is 54.7 Å². The third-order valence-electron chi connectivity index (χ3n) is 9.83. The summed E-state index contributed by atoms with van der Waals surface area (Å²) < 4.78 is 10.2. The zero-order valence-electron chi connectivity index (χ0n) is 28.8. The second-order valence-corrected chi connectivity index (χ2v) is 13.9. The number of hydrogen-bond donors (Lipinski definition) is 1. The first-order valence-corrected chi connectivity index (χ1v) is 17.3. The topological polar surface area (TPSA) is 102 Å². The molecule has 3 aromatic heterocycles. The van der Waals surface area contributed by atoms with Crippen molar-refractivity contribution < 1.29 is 19.4 Å². The minimum absolute atomic E-state index is 0.0872. The van der Waals surface area contributed by atoms with E-state index in [1.165, 1.54) is 6.07 Å². The van der Waals surface area contributed by atoms with Gasteiger partial charge in [-0.2, -0.15) is 5.10 Å². The maximum Gasteiger partial charge on any atom is 0.337 e. The van der Waals surface area contributed by atoms with E-state index in [1.54, 1.807) is 23.2 Å². The first kappa shape index (κ1) is 33.6. The molecule has 6 aromatic rings. The van der Waals surface area contributed by atoms with Crippen LogP contribution in [0.4, 0.5) is 5.69 Å². The molecular weight excluding hydrogens is 673 g/mol. The summed E-state index contributed by atoms with van der Waals surface area (Å²) in [4.78, 5) is 33.1. The Hall–Kier alpha value is -4.86. The number of benzene rings is 3. The van der Waals surface area contributed by atoms with Gasteiger partial charge >= 0.3 is 5.97 Å². The van der Waals surface area contributed by atoms with Gasteiger partial charge in [0.05, 0.1) is 39.6 Å². The van der Waals surface area contributed by atoms with Crippen molar-refractivity contribution in [1.82, 2.24) is 19.3 Å². The van der Waals surface area contributed by atoms with Crippen molar-refractivity contribution in [2.75, 3.05) is 18.1 Å². The number of carboxylic acid groups (broad SMARTS) is 1. The first-order chi connectivity index (χ1) is 23.9. The highest BCUT2D eigenvalue weighted by atomic mass is 35.5. The maximum absolute atomic E-state index is 14.9. The maximum atomic E-state index is 14.9. The smallest absolute Gasteiger partial charge is 0.337 e. The predicted molar refractivity (Wildman–Crippen MR) is 198 cm³/mol. The van der Waals surface area contributed by atoms with Gasteiger partial charge in [-0.05, 0) is 107 Å². The SMILES string of the molecule is Cc1cc(OCCCc2c3n(c4c(-c5c(C)nn(C)c5C)c(Cl)ccc24)C(C)CN(c2ccc(C(=O)O)c4ncccc24)C3=O)cc(C)c1Cl. The van der Waals surface area contributed by atoms with Crippen LogP contribution in [0.25, 0.3) is 32.9 Å². The lowest BCUT2D eigenvalue weighted by Gasteiger charge is -2.35. The molecule has 0 saturated heterocycles. The molecule has 0 bridgehead atoms. The van der Waals surface area contributed by atoms with Crippen LogP contribution in [0.2, 0.25) is 10.0 Å². The summed E-state index contributed by atoms with van der Waals surface area (Å²) in [5.41, 5.74) is 9.00. The second-order valence-electron chi connectivity index (χ2n) is 13.1. The normalized spacial score (nSPS) is 14.5. The average Bonchev–Trinajstić information content (AvgIpc) is 3.55. The highest BCUT2D eigenvalue weighted by molar-refractivity contribution is 6.35. The Morgan fingerprint density at radius 3 is 2.44 bits per heavy atom. The molecule has 4 heterocycles. The quantitative estimate of drug-likeness (QED) is 0.158. The van der Waals surface area contributed by atoms with Crippen molar-refractivity contribution in [2.24, 2.45) is 7.05 Å². The fourth-order valence-corrected chi connectivity index (χ4v) is 7.86. The van der Waals surface area contributed by atoms with E-state index in [1.807, 2.05) is 69.8 Å². The Balaban J connectivity index is 1.38. The molecule has 11 heteroatoms. The third kappa shape index (κ3) is 5.40. The second kappa shape index (κ2) is 12.8. The number of nitrogens with zero attached hydrogens (tertiary/aromatic N) is 5. The van der Waals surface area contributed by atoms with Crippen LogP contribution >= 0.6 is 23.2 Å². The monoisotopic (exact) mass is 709 g/mol. The van der Waals surface area contributed by atoms with Crippen molar-refractivity contribution in [1.29, 1.82) is 0 Å². The van der Waals surface area contributed by atoms with Gasteiger partial charge in [-0.25, -0.2) is 4.79 Å². The van der Waals surface area contributed by atoms with Gasteiger partial charge in [0.2, 0.25) is 0 Å². The summed E-state index contributed by atoms with van der Waals surface area (Å²) in [6.45, 7) is 10.8. The molecule has 0 radical (unpaired) electrons. The van der Waals surface area contributed by atoms with Crippen molar-refractivity contribution in [3.63, 3.8) is 0 Å². The summed E-state index contributed by atoms with van der Waals surface area (Å²) in [7, 11) is 1.92. The number of aromatic nitrogens is 4. The Kier molecular flexibility index (Phi) is 8.60. The molecule has 1 aliphatic heterocycles. The van der Waals surface area contributed by atoms with Gasteiger partial charge in [-0.3, -0.25) is 14.5 Å². The van der Waals surface area contributed by atoms with E-state index < -0.39 is 5.97 Å². The zero-order chi connectivity index (χ0) is 35.6. The predicted octanol–water partition coefficient (Wildman–Crippen LogP) is 9.06. The molecule has 0 spiro atoms. The van der Waals surface area contributed by atoms with Crippen molar-refractivity contribution in [3.05, 3.63) is 104 Å². The lowest BCUT2D eigenvalue weighted by atomic mass is 9.98. The van der Waals surface area contributed by atoms with E-state index in [4.69, 9.17) is 33.0 Å². The Labute approximate surface area is 300 Å². The molecule has 7 rings (SSSR count). The van der Waals surface area contributed by atoms with Crippen molar-refractivity contribution >= 4 is 62.6 Å². The number of amides is 1. The minimum atomic E-state index is -1.07. The standard InChI is InChI=1S/C39H37Cl2N5O4/c1-20-17-25(18-21(2)34(20)41)50-16-8-10-26-27-11-13-30(40)33(32-23(4)43-44(6)24(32)5)36(27)46-22(3)19-45(38(47)37(26)46)31-14-12-29(39(48)49)35-28(31)9-7-15-42-35/h7,9,11-15,17-18,22H,8,10,16,19H2,1-6H3,(H,48,49). The number of hydrogen-bond acceptors (Lipinski definition) is 5. The number of aromatic carboxylic acids is 1. The van der Waals surface area contributed by atoms with Gasteiger partial charge in [0.1, 0.15) is 11.4 Å². The van der Waals surface area contributed by atoms with Crippen LogP contribution in [0.5, 0.6) is 5.75 Å². The Morgan fingerprint density at radius 2 is 1.76 bits per heavy atom. The lowest BCUT2D eigenvalue weighted by molar-refractivity contribution is 0.0698. The van der Waals surface area contributed by atoms with E-state index in [2.05, 4.69) is 16.5 Å². The molecule has 50 heavy (non-hydrogen) atoms. The Morgan fingerprint density at radius 1 is 1.02 bits per heavy atom. The largest absolute Gasteiger partial charge is 0.494 e. The molecule has 1 aliphatic rings. The van der Waals surface area contributed by atoms with E-state index in [9.17, 15) is 14.7 Å². The van der Waals surface area contributed by atoms with Crippen LogP contribution in [-0.4, -0.2) is 49.5 Å². The summed E-state index contributed by atoms with van der Waals surface area (Å²) >= 11 is 13.4. The molecule has 9 nitrogen and oxygen atoms in total. The molecule has 256 valence electrons. The fraction of sp³-hybridized carbons (Fsp3) is 0.282. The lowest BCUT2D eigenvalue weighted by Crippen LogP contribution is -2.42. The molecule has 1 unspecified atom stereocenters. The number of aryl methyl sites for hydroxylation is 5. The van der Waals surface area contributed by atoms with Gasteiger partial charge in [0.15, 0.2) is 0 Å². The molecule has 1 N–H and O–H groups in total. The number of fused-ring (bicyclic) bond motifs is 4. The average molecular weight is 711 g/mol. The molecule has 1 amide bonds. The molecule has 0 fully saturated rings. The van der Waals surface area contributed by atoms with Gasteiger partial charge in [-0.1, -0.05) is 29.3 Å². The number of anilines is 1. The van der Waals surface area contributed by atoms with E-state index in [-0.39, 0.29) is 17.5 Å². The number of carbonyl (C=O) groups excluding carboxylic acids is 1. The van der Waals surface area contributed by atoms with Crippen LogP contribution in [-0.2, 0) is 13.5 Å². The van der Waals surface area contributed by atoms with Gasteiger partial charge in [0, 0.05) is 58.4 Å². The number of carboxylic acids is 1. The van der Waals surface area contributed by atoms with Gasteiger partial charge in [-0.15, -0.1) is 0 Å². The van der Waals surface area contributed by atoms with Crippen LogP contribution < -0.4 is 9.64 Å². The minimum Gasteiger partial charge on any atom is -0.494 e. The number of pyridine rings is 1. The fourth-order valence-electron chi connectivity index (χ4n) is 7.50. The Bertz CT molecular complexity index is 2350. The highest BCUT2D eigenvalue weighted by Gasteiger charge is 2.37. The molecular formula is C39H37Cl2N5O4. The number of carbonyl (C=O) groups is 2. The van der Waals surface area contributed by atoms with E-state index in [0.717, 1.165) is 60.9 Å². The van der Waals surface area contributed by atoms with E-state index in [0.29, 0.717) is 53.3 Å². The molecule has 3 aromatic carbocycles. The van der Waals surface area contributed by atoms with E-state index >= 15 is 0 Å². The summed E-state index contributed by atoms with van der Waals surface area (Å²) in [5, 5.41) is 17.4. The molecule has 0 aliphatic carbocycles. The summed E-state index contributed by atoms with van der Waals surface area (Å²) in [6.07, 6.45) is 2.79. The zero-order valence-corrected chi connectivity index (χ0v) is 30.3.